The van der Waals surface area contributed by atoms with Crippen molar-refractivity contribution < 1.29 is 14.7 Å². The first-order chi connectivity index (χ1) is 7.50. The number of ketones is 1. The van der Waals surface area contributed by atoms with E-state index in [1.165, 1.54) is 0 Å². The lowest BCUT2D eigenvalue weighted by Gasteiger charge is -2.04. The van der Waals surface area contributed by atoms with E-state index in [9.17, 15) is 9.59 Å². The van der Waals surface area contributed by atoms with E-state index < -0.39 is 5.97 Å². The SMILES string of the molecule is Cc1cc(Br)ccc1C(=O)CCCC(=O)O. The van der Waals surface area contributed by atoms with E-state index in [0.29, 0.717) is 12.0 Å². The van der Waals surface area contributed by atoms with Gasteiger partial charge in [-0.2, -0.15) is 0 Å². The van der Waals surface area contributed by atoms with Crippen molar-refractivity contribution in [2.75, 3.05) is 0 Å². The Labute approximate surface area is 103 Å². The van der Waals surface area contributed by atoms with Gasteiger partial charge in [-0.1, -0.05) is 22.0 Å². The molecule has 3 nitrogen and oxygen atoms in total. The number of hydrogen-bond donors (Lipinski definition) is 1. The van der Waals surface area contributed by atoms with Gasteiger partial charge in [0.25, 0.3) is 0 Å². The zero-order chi connectivity index (χ0) is 12.1. The van der Waals surface area contributed by atoms with Crippen molar-refractivity contribution in [3.63, 3.8) is 0 Å². The third-order valence-electron chi connectivity index (χ3n) is 2.28. The predicted octanol–water partition coefficient (Wildman–Crippen LogP) is 3.20. The number of Topliss-reactive ketones (excluding diaryl/α,β-unsaturated/α-hetero) is 1. The third kappa shape index (κ3) is 3.77. The molecule has 1 rings (SSSR count). The van der Waals surface area contributed by atoms with Crippen LogP contribution in [0, 0.1) is 6.92 Å². The van der Waals surface area contributed by atoms with Crippen LogP contribution < -0.4 is 0 Å². The maximum absolute atomic E-state index is 11.8. The highest BCUT2D eigenvalue weighted by molar-refractivity contribution is 9.10. The number of carbonyl (C=O) groups excluding carboxylic acids is 1. The number of aryl methyl sites for hydroxylation is 1. The Morgan fingerprint density at radius 2 is 2.00 bits per heavy atom. The van der Waals surface area contributed by atoms with Crippen molar-refractivity contribution >= 4 is 27.7 Å². The van der Waals surface area contributed by atoms with E-state index in [0.717, 1.165) is 10.0 Å². The minimum atomic E-state index is -0.861. The summed E-state index contributed by atoms with van der Waals surface area (Å²) in [7, 11) is 0. The second-order valence-electron chi connectivity index (χ2n) is 3.63. The smallest absolute Gasteiger partial charge is 0.303 e. The van der Waals surface area contributed by atoms with Crippen LogP contribution in [-0.2, 0) is 4.79 Å². The molecule has 0 saturated heterocycles. The summed E-state index contributed by atoms with van der Waals surface area (Å²) in [5.74, 6) is -0.855. The molecular formula is C12H13BrO3. The number of hydrogen-bond acceptors (Lipinski definition) is 2. The molecule has 0 aliphatic carbocycles. The van der Waals surface area contributed by atoms with Gasteiger partial charge in [-0.25, -0.2) is 0 Å². The van der Waals surface area contributed by atoms with E-state index in [-0.39, 0.29) is 18.6 Å². The molecular weight excluding hydrogens is 272 g/mol. The van der Waals surface area contributed by atoms with E-state index in [1.54, 1.807) is 6.07 Å². The number of aliphatic carboxylic acids is 1. The van der Waals surface area contributed by atoms with Crippen LogP contribution >= 0.6 is 15.9 Å². The highest BCUT2D eigenvalue weighted by atomic mass is 79.9. The van der Waals surface area contributed by atoms with Gasteiger partial charge in [0.2, 0.25) is 0 Å². The van der Waals surface area contributed by atoms with E-state index in [2.05, 4.69) is 15.9 Å². The van der Waals surface area contributed by atoms with Gasteiger partial charge < -0.3 is 5.11 Å². The van der Waals surface area contributed by atoms with Gasteiger partial charge in [0.05, 0.1) is 0 Å². The number of benzene rings is 1. The van der Waals surface area contributed by atoms with Crippen molar-refractivity contribution in [2.24, 2.45) is 0 Å². The fraction of sp³-hybridized carbons (Fsp3) is 0.333. The Kier molecular flexibility index (Phi) is 4.68. The fourth-order valence-corrected chi connectivity index (χ4v) is 1.95. The first-order valence-corrected chi connectivity index (χ1v) is 5.81. The van der Waals surface area contributed by atoms with E-state index >= 15 is 0 Å². The van der Waals surface area contributed by atoms with E-state index in [1.807, 2.05) is 19.1 Å². The van der Waals surface area contributed by atoms with Gasteiger partial charge in [-0.3, -0.25) is 9.59 Å². The van der Waals surface area contributed by atoms with Gasteiger partial charge in [0.15, 0.2) is 5.78 Å². The van der Waals surface area contributed by atoms with Crippen LogP contribution in [-0.4, -0.2) is 16.9 Å². The van der Waals surface area contributed by atoms with E-state index in [4.69, 9.17) is 5.11 Å². The van der Waals surface area contributed by atoms with Crippen molar-refractivity contribution in [3.8, 4) is 0 Å². The summed E-state index contributed by atoms with van der Waals surface area (Å²) in [5.41, 5.74) is 1.59. The molecule has 0 radical (unpaired) electrons. The van der Waals surface area contributed by atoms with Crippen molar-refractivity contribution in [2.45, 2.75) is 26.2 Å². The molecule has 0 saturated carbocycles. The summed E-state index contributed by atoms with van der Waals surface area (Å²) in [5, 5.41) is 8.47. The minimum absolute atomic E-state index is 0.00579. The monoisotopic (exact) mass is 284 g/mol. The summed E-state index contributed by atoms with van der Waals surface area (Å²) >= 11 is 3.33. The van der Waals surface area contributed by atoms with Gasteiger partial charge in [-0.15, -0.1) is 0 Å². The number of carboxylic acids is 1. The van der Waals surface area contributed by atoms with Crippen molar-refractivity contribution in [3.05, 3.63) is 33.8 Å². The Morgan fingerprint density at radius 3 is 2.56 bits per heavy atom. The molecule has 1 N–H and O–H groups in total. The van der Waals surface area contributed by atoms with Gasteiger partial charge in [0.1, 0.15) is 0 Å². The first kappa shape index (κ1) is 12.9. The van der Waals surface area contributed by atoms with Crippen LogP contribution in [0.3, 0.4) is 0 Å². The van der Waals surface area contributed by atoms with Crippen LogP contribution in [0.1, 0.15) is 35.2 Å². The summed E-state index contributed by atoms with van der Waals surface area (Å²) in [6, 6.07) is 5.46. The molecule has 0 aliphatic rings. The standard InChI is InChI=1S/C12H13BrO3/c1-8-7-9(13)5-6-10(8)11(14)3-2-4-12(15)16/h5-7H,2-4H2,1H3,(H,15,16). The Bertz CT molecular complexity index is 413. The van der Waals surface area contributed by atoms with Crippen LogP contribution in [0.2, 0.25) is 0 Å². The Morgan fingerprint density at radius 1 is 1.31 bits per heavy atom. The topological polar surface area (TPSA) is 54.4 Å². The number of halogens is 1. The Balaban J connectivity index is 2.63. The molecule has 86 valence electrons. The quantitative estimate of drug-likeness (QED) is 0.845. The predicted molar refractivity (Wildman–Crippen MR) is 64.7 cm³/mol. The molecule has 0 atom stereocenters. The average Bonchev–Trinajstić information content (AvgIpc) is 2.16. The molecule has 0 aliphatic heterocycles. The lowest BCUT2D eigenvalue weighted by molar-refractivity contribution is -0.137. The Hall–Kier alpha value is -1.16. The molecule has 0 unspecified atom stereocenters. The fourth-order valence-electron chi connectivity index (χ4n) is 1.47. The number of carboxylic acid groups (broad SMARTS) is 1. The lowest BCUT2D eigenvalue weighted by Crippen LogP contribution is -2.03. The average molecular weight is 285 g/mol. The molecule has 4 heteroatoms. The molecule has 0 aromatic heterocycles. The summed E-state index contributed by atoms with van der Waals surface area (Å²) in [4.78, 5) is 22.1. The molecule has 0 bridgehead atoms. The third-order valence-corrected chi connectivity index (χ3v) is 2.78. The van der Waals surface area contributed by atoms with Crippen LogP contribution in [0.15, 0.2) is 22.7 Å². The molecule has 0 spiro atoms. The minimum Gasteiger partial charge on any atom is -0.481 e. The lowest BCUT2D eigenvalue weighted by atomic mass is 10.0. The largest absolute Gasteiger partial charge is 0.481 e. The van der Waals surface area contributed by atoms with Crippen molar-refractivity contribution in [1.29, 1.82) is 0 Å². The van der Waals surface area contributed by atoms with Gasteiger partial charge in [0, 0.05) is 22.9 Å². The number of rotatable bonds is 5. The van der Waals surface area contributed by atoms with Crippen LogP contribution in [0.5, 0.6) is 0 Å². The van der Waals surface area contributed by atoms with Crippen LogP contribution in [0.25, 0.3) is 0 Å². The first-order valence-electron chi connectivity index (χ1n) is 5.02. The second-order valence-corrected chi connectivity index (χ2v) is 4.55. The zero-order valence-corrected chi connectivity index (χ0v) is 10.6. The molecule has 0 fully saturated rings. The maximum Gasteiger partial charge on any atom is 0.303 e. The van der Waals surface area contributed by atoms with Crippen LogP contribution in [0.4, 0.5) is 0 Å². The molecule has 16 heavy (non-hydrogen) atoms. The molecule has 0 heterocycles. The maximum atomic E-state index is 11.8. The number of carbonyl (C=O) groups is 2. The summed E-state index contributed by atoms with van der Waals surface area (Å²) in [6.45, 7) is 1.87. The molecule has 0 amide bonds. The molecule has 1 aromatic rings. The second kappa shape index (κ2) is 5.80. The highest BCUT2D eigenvalue weighted by Crippen LogP contribution is 2.17. The highest BCUT2D eigenvalue weighted by Gasteiger charge is 2.09. The summed E-state index contributed by atoms with van der Waals surface area (Å²) in [6.07, 6.45) is 0.722. The van der Waals surface area contributed by atoms with Gasteiger partial charge >= 0.3 is 5.97 Å². The zero-order valence-electron chi connectivity index (χ0n) is 9.00. The molecule has 1 aromatic carbocycles. The van der Waals surface area contributed by atoms with Gasteiger partial charge in [-0.05, 0) is 31.0 Å². The van der Waals surface area contributed by atoms with Crippen molar-refractivity contribution in [1.82, 2.24) is 0 Å². The summed E-state index contributed by atoms with van der Waals surface area (Å²) < 4.78 is 0.937. The normalized spacial score (nSPS) is 10.1.